The summed E-state index contributed by atoms with van der Waals surface area (Å²) in [5.41, 5.74) is -0.229. The summed E-state index contributed by atoms with van der Waals surface area (Å²) in [4.78, 5) is 13.5. The maximum absolute atomic E-state index is 11.2. The molecule has 0 aromatic carbocycles. The first-order valence-corrected chi connectivity index (χ1v) is 5.75. The molecule has 0 saturated carbocycles. The number of hydrogen-bond acceptors (Lipinski definition) is 2. The van der Waals surface area contributed by atoms with Crippen molar-refractivity contribution in [2.24, 2.45) is 10.8 Å². The van der Waals surface area contributed by atoms with Crippen molar-refractivity contribution in [3.63, 3.8) is 0 Å². The number of carboxylic acids is 1. The van der Waals surface area contributed by atoms with E-state index in [2.05, 4.69) is 18.7 Å². The van der Waals surface area contributed by atoms with Crippen molar-refractivity contribution in [3.05, 3.63) is 0 Å². The van der Waals surface area contributed by atoms with Gasteiger partial charge in [-0.1, -0.05) is 20.8 Å². The largest absolute Gasteiger partial charge is 0.481 e. The van der Waals surface area contributed by atoms with E-state index in [0.717, 1.165) is 13.1 Å². The molecule has 1 fully saturated rings. The molecule has 3 heteroatoms. The highest BCUT2D eigenvalue weighted by Crippen LogP contribution is 2.32. The molecule has 1 aliphatic rings. The summed E-state index contributed by atoms with van der Waals surface area (Å²) in [6.45, 7) is 11.0. The lowest BCUT2D eigenvalue weighted by Crippen LogP contribution is -2.40. The maximum Gasteiger partial charge on any atom is 0.310 e. The summed E-state index contributed by atoms with van der Waals surface area (Å²) in [5.74, 6) is -0.672. The minimum atomic E-state index is -0.672. The molecule has 88 valence electrons. The van der Waals surface area contributed by atoms with Crippen molar-refractivity contribution in [2.45, 2.75) is 40.5 Å². The van der Waals surface area contributed by atoms with Gasteiger partial charge in [0.05, 0.1) is 5.41 Å². The van der Waals surface area contributed by atoms with Crippen molar-refractivity contribution in [1.82, 2.24) is 4.90 Å². The Kier molecular flexibility index (Phi) is 3.44. The molecule has 1 N–H and O–H groups in total. The van der Waals surface area contributed by atoms with E-state index in [9.17, 15) is 9.90 Å². The van der Waals surface area contributed by atoms with Gasteiger partial charge in [0.15, 0.2) is 0 Å². The Morgan fingerprint density at radius 2 is 2.13 bits per heavy atom. The molecule has 1 saturated heterocycles. The van der Waals surface area contributed by atoms with Crippen LogP contribution in [-0.2, 0) is 4.79 Å². The molecule has 0 aromatic heterocycles. The highest BCUT2D eigenvalue weighted by molar-refractivity contribution is 5.74. The van der Waals surface area contributed by atoms with Gasteiger partial charge < -0.3 is 10.0 Å². The zero-order valence-electron chi connectivity index (χ0n) is 10.3. The normalized spacial score (nSPS) is 25.1. The molecule has 0 spiro atoms. The Bertz CT molecular complexity index is 250. The predicted octanol–water partition coefficient (Wildman–Crippen LogP) is 2.22. The van der Waals surface area contributed by atoms with Gasteiger partial charge in [-0.25, -0.2) is 0 Å². The van der Waals surface area contributed by atoms with Crippen LogP contribution in [0.2, 0.25) is 0 Å². The number of nitrogens with zero attached hydrogens (tertiary/aromatic N) is 1. The molecule has 3 nitrogen and oxygen atoms in total. The van der Waals surface area contributed by atoms with E-state index in [4.69, 9.17) is 0 Å². The van der Waals surface area contributed by atoms with E-state index in [1.165, 1.54) is 6.42 Å². The first kappa shape index (κ1) is 12.5. The molecule has 0 radical (unpaired) electrons. The van der Waals surface area contributed by atoms with Crippen LogP contribution in [0.3, 0.4) is 0 Å². The second-order valence-corrected chi connectivity index (χ2v) is 5.84. The van der Waals surface area contributed by atoms with Gasteiger partial charge in [-0.2, -0.15) is 0 Å². The van der Waals surface area contributed by atoms with Gasteiger partial charge in [-0.05, 0) is 31.7 Å². The Morgan fingerprint density at radius 1 is 1.53 bits per heavy atom. The number of hydrogen-bond donors (Lipinski definition) is 1. The fraction of sp³-hybridized carbons (Fsp3) is 0.917. The molecular weight excluding hydrogens is 190 g/mol. The van der Waals surface area contributed by atoms with E-state index >= 15 is 0 Å². The van der Waals surface area contributed by atoms with Crippen LogP contribution in [-0.4, -0.2) is 35.6 Å². The summed E-state index contributed by atoms with van der Waals surface area (Å²) >= 11 is 0. The fourth-order valence-corrected chi connectivity index (χ4v) is 2.18. The van der Waals surface area contributed by atoms with Crippen molar-refractivity contribution in [3.8, 4) is 0 Å². The monoisotopic (exact) mass is 213 g/mol. The quantitative estimate of drug-likeness (QED) is 0.778. The van der Waals surface area contributed by atoms with Crippen LogP contribution < -0.4 is 0 Å². The van der Waals surface area contributed by atoms with Gasteiger partial charge in [-0.3, -0.25) is 4.79 Å². The molecule has 1 unspecified atom stereocenters. The summed E-state index contributed by atoms with van der Waals surface area (Å²) < 4.78 is 0. The minimum Gasteiger partial charge on any atom is -0.481 e. The standard InChI is InChI=1S/C12H23NO2/c1-5-12(4,10(14)15)9-13-7-6-11(2,3)8-13/h5-9H2,1-4H3,(H,14,15). The van der Waals surface area contributed by atoms with Crippen molar-refractivity contribution in [1.29, 1.82) is 0 Å². The highest BCUT2D eigenvalue weighted by Gasteiger charge is 2.37. The number of carbonyl (C=O) groups is 1. The van der Waals surface area contributed by atoms with E-state index < -0.39 is 11.4 Å². The van der Waals surface area contributed by atoms with Crippen molar-refractivity contribution < 1.29 is 9.90 Å². The van der Waals surface area contributed by atoms with Gasteiger partial charge in [0.2, 0.25) is 0 Å². The Labute approximate surface area is 92.5 Å². The van der Waals surface area contributed by atoms with Gasteiger partial charge in [0.1, 0.15) is 0 Å². The average Bonchev–Trinajstić information content (AvgIpc) is 2.45. The van der Waals surface area contributed by atoms with Gasteiger partial charge in [0, 0.05) is 13.1 Å². The van der Waals surface area contributed by atoms with Crippen molar-refractivity contribution in [2.75, 3.05) is 19.6 Å². The van der Waals surface area contributed by atoms with E-state index in [1.54, 1.807) is 0 Å². The first-order chi connectivity index (χ1) is 6.79. The summed E-state index contributed by atoms with van der Waals surface area (Å²) in [6.07, 6.45) is 1.87. The minimum absolute atomic E-state index is 0.354. The third-order valence-electron chi connectivity index (χ3n) is 3.63. The van der Waals surface area contributed by atoms with Gasteiger partial charge in [-0.15, -0.1) is 0 Å². The second-order valence-electron chi connectivity index (χ2n) is 5.84. The molecule has 0 aliphatic carbocycles. The Balaban J connectivity index is 2.58. The van der Waals surface area contributed by atoms with Crippen LogP contribution in [0, 0.1) is 10.8 Å². The van der Waals surface area contributed by atoms with Crippen LogP contribution in [0.15, 0.2) is 0 Å². The molecule has 15 heavy (non-hydrogen) atoms. The number of likely N-dealkylation sites (tertiary alicyclic amines) is 1. The molecular formula is C12H23NO2. The lowest BCUT2D eigenvalue weighted by Gasteiger charge is -2.29. The molecule has 0 bridgehead atoms. The van der Waals surface area contributed by atoms with Gasteiger partial charge >= 0.3 is 5.97 Å². The van der Waals surface area contributed by atoms with Crippen LogP contribution in [0.4, 0.5) is 0 Å². The van der Waals surface area contributed by atoms with Crippen LogP contribution in [0.1, 0.15) is 40.5 Å². The van der Waals surface area contributed by atoms with E-state index in [-0.39, 0.29) is 0 Å². The number of carboxylic acid groups (broad SMARTS) is 1. The molecule has 1 aliphatic heterocycles. The summed E-state index contributed by atoms with van der Waals surface area (Å²) in [5, 5.41) is 9.20. The molecule has 1 atom stereocenters. The fourth-order valence-electron chi connectivity index (χ4n) is 2.18. The lowest BCUT2D eigenvalue weighted by atomic mass is 9.87. The van der Waals surface area contributed by atoms with Crippen LogP contribution in [0.5, 0.6) is 0 Å². The smallest absolute Gasteiger partial charge is 0.310 e. The zero-order chi connectivity index (χ0) is 11.7. The highest BCUT2D eigenvalue weighted by atomic mass is 16.4. The first-order valence-electron chi connectivity index (χ1n) is 5.75. The second kappa shape index (κ2) is 4.12. The summed E-state index contributed by atoms with van der Waals surface area (Å²) in [6, 6.07) is 0. The van der Waals surface area contributed by atoms with E-state index in [0.29, 0.717) is 18.4 Å². The summed E-state index contributed by atoms with van der Waals surface area (Å²) in [7, 11) is 0. The van der Waals surface area contributed by atoms with Crippen molar-refractivity contribution >= 4 is 5.97 Å². The third-order valence-corrected chi connectivity index (χ3v) is 3.63. The molecule has 1 heterocycles. The van der Waals surface area contributed by atoms with Gasteiger partial charge in [0.25, 0.3) is 0 Å². The van der Waals surface area contributed by atoms with E-state index in [1.807, 2.05) is 13.8 Å². The Morgan fingerprint density at radius 3 is 2.47 bits per heavy atom. The van der Waals surface area contributed by atoms with Crippen LogP contribution >= 0.6 is 0 Å². The topological polar surface area (TPSA) is 40.5 Å². The zero-order valence-corrected chi connectivity index (χ0v) is 10.3. The predicted molar refractivity (Wildman–Crippen MR) is 60.9 cm³/mol. The third kappa shape index (κ3) is 2.94. The average molecular weight is 213 g/mol. The lowest BCUT2D eigenvalue weighted by molar-refractivity contribution is -0.149. The van der Waals surface area contributed by atoms with Crippen LogP contribution in [0.25, 0.3) is 0 Å². The molecule has 0 amide bonds. The molecule has 1 rings (SSSR count). The molecule has 0 aromatic rings. The number of aliphatic carboxylic acids is 1. The number of rotatable bonds is 4. The SMILES string of the molecule is CCC(C)(CN1CCC(C)(C)C1)C(=O)O. The Hall–Kier alpha value is -0.570. The maximum atomic E-state index is 11.2.